The molecule has 2 heterocycles. The Kier molecular flexibility index (Phi) is 1.60. The number of nitrogens with zero attached hydrogens (tertiary/aromatic N) is 2. The summed E-state index contributed by atoms with van der Waals surface area (Å²) in [5.74, 6) is 2.06. The van der Waals surface area contributed by atoms with Gasteiger partial charge in [0.1, 0.15) is 12.0 Å². The molecule has 1 fully saturated rings. The quantitative estimate of drug-likeness (QED) is 0.639. The van der Waals surface area contributed by atoms with E-state index in [-0.39, 0.29) is 0 Å². The van der Waals surface area contributed by atoms with Crippen LogP contribution in [0.25, 0.3) is 0 Å². The van der Waals surface area contributed by atoms with E-state index >= 15 is 0 Å². The van der Waals surface area contributed by atoms with Crippen LogP contribution in [0.15, 0.2) is 10.8 Å². The standard InChI is InChI=1S/C5H7N3OS/c1-4(7-8-9-1)5-2-10-3-6-5/h1,5-6H,2-3H2. The Morgan fingerprint density at radius 3 is 3.40 bits per heavy atom. The third-order valence-electron chi connectivity index (χ3n) is 1.45. The molecule has 5 heteroatoms. The van der Waals surface area contributed by atoms with Gasteiger partial charge >= 0.3 is 0 Å². The van der Waals surface area contributed by atoms with Crippen molar-refractivity contribution in [3.63, 3.8) is 0 Å². The zero-order valence-electron chi connectivity index (χ0n) is 5.28. The molecule has 4 nitrogen and oxygen atoms in total. The summed E-state index contributed by atoms with van der Waals surface area (Å²) in [6.45, 7) is 0. The van der Waals surface area contributed by atoms with Crippen molar-refractivity contribution < 1.29 is 4.52 Å². The molecule has 0 aromatic carbocycles. The Labute approximate surface area is 62.3 Å². The van der Waals surface area contributed by atoms with Gasteiger partial charge in [-0.25, -0.2) is 0 Å². The molecule has 10 heavy (non-hydrogen) atoms. The van der Waals surface area contributed by atoms with E-state index < -0.39 is 0 Å². The summed E-state index contributed by atoms with van der Waals surface area (Å²) in [6.07, 6.45) is 1.59. The van der Waals surface area contributed by atoms with Crippen molar-refractivity contribution in [3.8, 4) is 0 Å². The summed E-state index contributed by atoms with van der Waals surface area (Å²) in [5, 5.41) is 10.5. The number of hydrogen-bond acceptors (Lipinski definition) is 5. The van der Waals surface area contributed by atoms with Gasteiger partial charge in [0.15, 0.2) is 0 Å². The summed E-state index contributed by atoms with van der Waals surface area (Å²) >= 11 is 1.86. The van der Waals surface area contributed by atoms with Gasteiger partial charge in [0.25, 0.3) is 0 Å². The van der Waals surface area contributed by atoms with Crippen LogP contribution in [0.3, 0.4) is 0 Å². The van der Waals surface area contributed by atoms with Gasteiger partial charge in [-0.3, -0.25) is 5.32 Å². The molecular weight excluding hydrogens is 150 g/mol. The maximum Gasteiger partial charge on any atom is 0.149 e. The molecule has 1 aliphatic rings. The molecule has 0 aliphatic carbocycles. The number of hydrogen-bond donors (Lipinski definition) is 1. The molecule has 1 saturated heterocycles. The monoisotopic (exact) mass is 157 g/mol. The molecule has 54 valence electrons. The largest absolute Gasteiger partial charge is 0.345 e. The molecule has 0 radical (unpaired) electrons. The molecule has 0 bridgehead atoms. The molecule has 0 spiro atoms. The predicted octanol–water partition coefficient (Wildman–Crippen LogP) is 0.405. The fourth-order valence-electron chi connectivity index (χ4n) is 0.909. The van der Waals surface area contributed by atoms with Gasteiger partial charge in [0.2, 0.25) is 0 Å². The van der Waals surface area contributed by atoms with Crippen LogP contribution in [0.1, 0.15) is 11.7 Å². The lowest BCUT2D eigenvalue weighted by Gasteiger charge is -2.00. The van der Waals surface area contributed by atoms with Crippen LogP contribution in [-0.4, -0.2) is 22.0 Å². The Hall–Kier alpha value is -0.550. The lowest BCUT2D eigenvalue weighted by atomic mass is 10.3. The van der Waals surface area contributed by atoms with Crippen molar-refractivity contribution in [1.29, 1.82) is 0 Å². The van der Waals surface area contributed by atoms with Crippen LogP contribution >= 0.6 is 11.8 Å². The zero-order valence-corrected chi connectivity index (χ0v) is 6.10. The van der Waals surface area contributed by atoms with E-state index in [1.54, 1.807) is 6.26 Å². The number of rotatable bonds is 1. The third-order valence-corrected chi connectivity index (χ3v) is 2.39. The average molecular weight is 157 g/mol. The van der Waals surface area contributed by atoms with Gasteiger partial charge in [-0.1, -0.05) is 0 Å². The molecular formula is C5H7N3OS. The molecule has 1 aliphatic heterocycles. The Morgan fingerprint density at radius 2 is 2.80 bits per heavy atom. The van der Waals surface area contributed by atoms with Gasteiger partial charge < -0.3 is 4.52 Å². The highest BCUT2D eigenvalue weighted by atomic mass is 32.2. The highest BCUT2D eigenvalue weighted by Crippen LogP contribution is 2.21. The van der Waals surface area contributed by atoms with Crippen LogP contribution in [0.5, 0.6) is 0 Å². The summed E-state index contributed by atoms with van der Waals surface area (Å²) < 4.78 is 4.62. The van der Waals surface area contributed by atoms with Crippen molar-refractivity contribution >= 4 is 11.8 Å². The fourth-order valence-corrected chi connectivity index (χ4v) is 1.87. The molecule has 0 saturated carbocycles. The summed E-state index contributed by atoms with van der Waals surface area (Å²) in [7, 11) is 0. The van der Waals surface area contributed by atoms with Crippen LogP contribution in [0, 0.1) is 0 Å². The first-order chi connectivity index (χ1) is 4.97. The summed E-state index contributed by atoms with van der Waals surface area (Å²) in [5.41, 5.74) is 0.907. The Morgan fingerprint density at radius 1 is 1.80 bits per heavy atom. The van der Waals surface area contributed by atoms with Crippen molar-refractivity contribution in [2.45, 2.75) is 6.04 Å². The second-order valence-electron chi connectivity index (χ2n) is 2.10. The number of nitrogens with one attached hydrogen (secondary N) is 1. The maximum atomic E-state index is 4.62. The first-order valence-corrected chi connectivity index (χ1v) is 4.20. The molecule has 1 unspecified atom stereocenters. The summed E-state index contributed by atoms with van der Waals surface area (Å²) in [4.78, 5) is 0. The van der Waals surface area contributed by atoms with Crippen molar-refractivity contribution in [2.75, 3.05) is 11.6 Å². The van der Waals surface area contributed by atoms with Gasteiger partial charge in [0, 0.05) is 16.9 Å². The SMILES string of the molecule is c1onnc1C1CSCN1. The minimum Gasteiger partial charge on any atom is -0.345 e. The van der Waals surface area contributed by atoms with Crippen molar-refractivity contribution in [3.05, 3.63) is 12.0 Å². The highest BCUT2D eigenvalue weighted by molar-refractivity contribution is 7.99. The second kappa shape index (κ2) is 2.59. The average Bonchev–Trinajstić information content (AvgIpc) is 2.59. The van der Waals surface area contributed by atoms with Gasteiger partial charge in [0.05, 0.1) is 6.04 Å². The second-order valence-corrected chi connectivity index (χ2v) is 3.13. The molecule has 1 N–H and O–H groups in total. The van der Waals surface area contributed by atoms with E-state index in [4.69, 9.17) is 0 Å². The van der Waals surface area contributed by atoms with E-state index in [2.05, 4.69) is 20.2 Å². The Bertz CT molecular complexity index is 195. The predicted molar refractivity (Wildman–Crippen MR) is 37.5 cm³/mol. The number of aromatic nitrogens is 2. The molecule has 1 atom stereocenters. The third kappa shape index (κ3) is 1.02. The van der Waals surface area contributed by atoms with Crippen LogP contribution < -0.4 is 5.32 Å². The van der Waals surface area contributed by atoms with E-state index in [9.17, 15) is 0 Å². The summed E-state index contributed by atoms with van der Waals surface area (Å²) in [6, 6.07) is 0.344. The van der Waals surface area contributed by atoms with Crippen molar-refractivity contribution in [2.24, 2.45) is 0 Å². The van der Waals surface area contributed by atoms with E-state index in [0.717, 1.165) is 17.3 Å². The van der Waals surface area contributed by atoms with Crippen LogP contribution in [-0.2, 0) is 0 Å². The smallest absolute Gasteiger partial charge is 0.149 e. The molecule has 1 aromatic heterocycles. The lowest BCUT2D eigenvalue weighted by molar-refractivity contribution is 0.392. The normalized spacial score (nSPS) is 25.4. The van der Waals surface area contributed by atoms with Gasteiger partial charge in [-0.05, 0) is 0 Å². The molecule has 1 aromatic rings. The van der Waals surface area contributed by atoms with E-state index in [0.29, 0.717) is 6.04 Å². The highest BCUT2D eigenvalue weighted by Gasteiger charge is 2.19. The maximum absolute atomic E-state index is 4.62. The molecule has 2 rings (SSSR count). The lowest BCUT2D eigenvalue weighted by Crippen LogP contribution is -2.14. The van der Waals surface area contributed by atoms with E-state index in [1.165, 1.54) is 0 Å². The van der Waals surface area contributed by atoms with Gasteiger partial charge in [-0.2, -0.15) is 0 Å². The fraction of sp³-hybridized carbons (Fsp3) is 0.600. The van der Waals surface area contributed by atoms with E-state index in [1.807, 2.05) is 11.8 Å². The minimum atomic E-state index is 0.344. The van der Waals surface area contributed by atoms with Crippen LogP contribution in [0.4, 0.5) is 0 Å². The van der Waals surface area contributed by atoms with Crippen LogP contribution in [0.2, 0.25) is 0 Å². The van der Waals surface area contributed by atoms with Gasteiger partial charge in [-0.15, -0.1) is 16.9 Å². The molecule has 0 amide bonds. The number of thioether (sulfide) groups is 1. The minimum absolute atomic E-state index is 0.344. The first kappa shape index (κ1) is 6.18. The Balaban J connectivity index is 2.12. The first-order valence-electron chi connectivity index (χ1n) is 3.05. The van der Waals surface area contributed by atoms with Crippen molar-refractivity contribution in [1.82, 2.24) is 15.7 Å². The zero-order chi connectivity index (χ0) is 6.81. The topological polar surface area (TPSA) is 51.0 Å².